The van der Waals surface area contributed by atoms with Gasteiger partial charge in [0.05, 0.1) is 10.2 Å². The molecule has 2 rings (SSSR count). The highest BCUT2D eigenvalue weighted by Crippen LogP contribution is 2.23. The maximum absolute atomic E-state index is 10.8. The van der Waals surface area contributed by atoms with Gasteiger partial charge in [0.15, 0.2) is 5.69 Å². The molecule has 5 nitrogen and oxygen atoms in total. The Balaban J connectivity index is 2.65. The molecule has 2 heterocycles. The number of nitrogens with zero attached hydrogens (tertiary/aromatic N) is 3. The summed E-state index contributed by atoms with van der Waals surface area (Å²) in [4.78, 5) is 19.0. The van der Waals surface area contributed by atoms with Gasteiger partial charge in [0.2, 0.25) is 5.78 Å². The second-order valence-corrected chi connectivity index (χ2v) is 4.62. The molecular weight excluding hydrogens is 274 g/mol. The van der Waals surface area contributed by atoms with Crippen LogP contribution in [0.5, 0.6) is 0 Å². The minimum atomic E-state index is -1.05. The Morgan fingerprint density at radius 3 is 2.69 bits per heavy atom. The van der Waals surface area contributed by atoms with Gasteiger partial charge in [0.25, 0.3) is 0 Å². The molecule has 84 valence electrons. The fraction of sp³-hybridized carbons (Fsp3) is 0.300. The van der Waals surface area contributed by atoms with Crippen molar-refractivity contribution in [3.8, 4) is 0 Å². The first-order valence-corrected chi connectivity index (χ1v) is 5.56. The summed E-state index contributed by atoms with van der Waals surface area (Å²) in [5.41, 5.74) is 0.871. The Morgan fingerprint density at radius 2 is 2.12 bits per heavy atom. The van der Waals surface area contributed by atoms with E-state index in [9.17, 15) is 4.79 Å². The summed E-state index contributed by atoms with van der Waals surface area (Å²) in [6.07, 6.45) is 3.22. The van der Waals surface area contributed by atoms with Crippen molar-refractivity contribution in [2.45, 2.75) is 19.8 Å². The maximum Gasteiger partial charge on any atom is 0.356 e. The van der Waals surface area contributed by atoms with Gasteiger partial charge < -0.3 is 5.11 Å². The van der Waals surface area contributed by atoms with Crippen LogP contribution in [-0.4, -0.2) is 25.4 Å². The Labute approximate surface area is 100 Å². The molecule has 0 unspecified atom stereocenters. The molecule has 0 aromatic carbocycles. The molecule has 2 aromatic heterocycles. The Kier molecular flexibility index (Phi) is 2.67. The van der Waals surface area contributed by atoms with Crippen molar-refractivity contribution in [3.05, 3.63) is 28.3 Å². The molecular formula is C10H10BrN3O2. The fourth-order valence-corrected chi connectivity index (χ4v) is 2.19. The van der Waals surface area contributed by atoms with Gasteiger partial charge in [-0.1, -0.05) is 13.8 Å². The molecule has 16 heavy (non-hydrogen) atoms. The standard InChI is InChI=1S/C10H10BrN3O2/c1-5(2)8-6(11)3-14-4-7(9(15)16)12-10(14)13-8/h3-5H,1-2H3,(H,15,16). The Hall–Kier alpha value is -1.43. The summed E-state index contributed by atoms with van der Waals surface area (Å²) in [5.74, 6) is -0.388. The van der Waals surface area contributed by atoms with Crippen molar-refractivity contribution in [1.29, 1.82) is 0 Å². The molecule has 0 aliphatic rings. The molecule has 6 heteroatoms. The van der Waals surface area contributed by atoms with Gasteiger partial charge in [0.1, 0.15) is 0 Å². The molecule has 0 fully saturated rings. The molecule has 0 atom stereocenters. The molecule has 0 amide bonds. The average Bonchev–Trinajstić information content (AvgIpc) is 2.58. The number of fused-ring (bicyclic) bond motifs is 1. The van der Waals surface area contributed by atoms with Crippen molar-refractivity contribution in [2.75, 3.05) is 0 Å². The second-order valence-electron chi connectivity index (χ2n) is 3.77. The van der Waals surface area contributed by atoms with Gasteiger partial charge in [-0.25, -0.2) is 14.8 Å². The van der Waals surface area contributed by atoms with Crippen molar-refractivity contribution in [3.63, 3.8) is 0 Å². The van der Waals surface area contributed by atoms with E-state index in [-0.39, 0.29) is 11.6 Å². The van der Waals surface area contributed by atoms with Crippen LogP contribution in [0, 0.1) is 0 Å². The lowest BCUT2D eigenvalue weighted by Crippen LogP contribution is -1.98. The van der Waals surface area contributed by atoms with Crippen molar-refractivity contribution < 1.29 is 9.90 Å². The maximum atomic E-state index is 10.8. The number of carbonyl (C=O) groups is 1. The number of imidazole rings is 1. The highest BCUT2D eigenvalue weighted by atomic mass is 79.9. The molecule has 0 aliphatic carbocycles. The zero-order chi connectivity index (χ0) is 11.9. The zero-order valence-corrected chi connectivity index (χ0v) is 10.4. The predicted molar refractivity (Wildman–Crippen MR) is 61.7 cm³/mol. The highest BCUT2D eigenvalue weighted by Gasteiger charge is 2.13. The van der Waals surface area contributed by atoms with Gasteiger partial charge in [-0.15, -0.1) is 0 Å². The highest BCUT2D eigenvalue weighted by molar-refractivity contribution is 9.10. The fourth-order valence-electron chi connectivity index (χ4n) is 1.42. The number of rotatable bonds is 2. The number of carboxylic acid groups (broad SMARTS) is 1. The summed E-state index contributed by atoms with van der Waals surface area (Å²) >= 11 is 3.41. The van der Waals surface area contributed by atoms with E-state index in [4.69, 9.17) is 5.11 Å². The van der Waals surface area contributed by atoms with Crippen LogP contribution in [0.4, 0.5) is 0 Å². The summed E-state index contributed by atoms with van der Waals surface area (Å²) in [5, 5.41) is 8.82. The topological polar surface area (TPSA) is 67.5 Å². The number of aromatic nitrogens is 3. The van der Waals surface area contributed by atoms with Crippen LogP contribution >= 0.6 is 15.9 Å². The van der Waals surface area contributed by atoms with Crippen LogP contribution in [0.1, 0.15) is 35.9 Å². The van der Waals surface area contributed by atoms with Crippen LogP contribution in [0.2, 0.25) is 0 Å². The third-order valence-electron chi connectivity index (χ3n) is 2.20. The van der Waals surface area contributed by atoms with Gasteiger partial charge in [-0.3, -0.25) is 4.40 Å². The number of halogens is 1. The largest absolute Gasteiger partial charge is 0.476 e. The van der Waals surface area contributed by atoms with Gasteiger partial charge in [-0.2, -0.15) is 0 Å². The summed E-state index contributed by atoms with van der Waals surface area (Å²) in [6.45, 7) is 4.04. The van der Waals surface area contributed by atoms with E-state index >= 15 is 0 Å². The second kappa shape index (κ2) is 3.86. The van der Waals surface area contributed by atoms with Gasteiger partial charge in [0, 0.05) is 12.4 Å². The summed E-state index contributed by atoms with van der Waals surface area (Å²) < 4.78 is 2.45. The lowest BCUT2D eigenvalue weighted by molar-refractivity contribution is 0.0691. The third-order valence-corrected chi connectivity index (χ3v) is 2.81. The number of aromatic carboxylic acids is 1. The molecule has 0 spiro atoms. The van der Waals surface area contributed by atoms with Gasteiger partial charge >= 0.3 is 5.97 Å². The number of carboxylic acids is 1. The quantitative estimate of drug-likeness (QED) is 0.918. The van der Waals surface area contributed by atoms with E-state index < -0.39 is 5.97 Å². The molecule has 0 saturated carbocycles. The smallest absolute Gasteiger partial charge is 0.356 e. The average molecular weight is 284 g/mol. The third kappa shape index (κ3) is 1.80. The molecule has 0 aliphatic heterocycles. The van der Waals surface area contributed by atoms with Crippen molar-refractivity contribution in [1.82, 2.24) is 14.4 Å². The lowest BCUT2D eigenvalue weighted by Gasteiger charge is -2.06. The summed E-state index contributed by atoms with van der Waals surface area (Å²) in [6, 6.07) is 0. The van der Waals surface area contributed by atoms with E-state index in [1.165, 1.54) is 6.20 Å². The minimum Gasteiger partial charge on any atom is -0.476 e. The zero-order valence-electron chi connectivity index (χ0n) is 8.81. The van der Waals surface area contributed by atoms with Crippen LogP contribution in [0.25, 0.3) is 5.78 Å². The minimum absolute atomic E-state index is 0.000283. The van der Waals surface area contributed by atoms with Crippen LogP contribution < -0.4 is 0 Å². The summed E-state index contributed by atoms with van der Waals surface area (Å²) in [7, 11) is 0. The monoisotopic (exact) mass is 283 g/mol. The van der Waals surface area contributed by atoms with Crippen LogP contribution in [0.15, 0.2) is 16.9 Å². The molecule has 2 aromatic rings. The Morgan fingerprint density at radius 1 is 1.44 bits per heavy atom. The number of hydrogen-bond acceptors (Lipinski definition) is 3. The SMILES string of the molecule is CC(C)c1nc2nc(C(=O)O)cn2cc1Br. The first-order valence-electron chi connectivity index (χ1n) is 4.77. The molecule has 0 radical (unpaired) electrons. The van der Waals surface area contributed by atoms with E-state index in [0.717, 1.165) is 10.2 Å². The molecule has 0 saturated heterocycles. The van der Waals surface area contributed by atoms with Crippen LogP contribution in [0.3, 0.4) is 0 Å². The van der Waals surface area contributed by atoms with Crippen molar-refractivity contribution in [2.24, 2.45) is 0 Å². The van der Waals surface area contributed by atoms with E-state index in [2.05, 4.69) is 25.9 Å². The lowest BCUT2D eigenvalue weighted by atomic mass is 10.1. The first-order chi connectivity index (χ1) is 7.49. The van der Waals surface area contributed by atoms with Gasteiger partial charge in [-0.05, 0) is 21.8 Å². The van der Waals surface area contributed by atoms with Crippen LogP contribution in [-0.2, 0) is 0 Å². The van der Waals surface area contributed by atoms with E-state index in [0.29, 0.717) is 5.78 Å². The molecule has 0 bridgehead atoms. The normalized spacial score (nSPS) is 11.2. The predicted octanol–water partition coefficient (Wildman–Crippen LogP) is 2.31. The Bertz CT molecular complexity index is 562. The molecule has 1 N–H and O–H groups in total. The van der Waals surface area contributed by atoms with E-state index in [1.54, 1.807) is 10.6 Å². The number of hydrogen-bond donors (Lipinski definition) is 1. The van der Waals surface area contributed by atoms with E-state index in [1.807, 2.05) is 13.8 Å². The first kappa shape index (κ1) is 11.1. The van der Waals surface area contributed by atoms with Crippen molar-refractivity contribution >= 4 is 27.7 Å².